The maximum Gasteiger partial charge on any atom is 0.300 e. The predicted molar refractivity (Wildman–Crippen MR) is 72.1 cm³/mol. The summed E-state index contributed by atoms with van der Waals surface area (Å²) in [4.78, 5) is 9.00. The van der Waals surface area contributed by atoms with Crippen LogP contribution in [-0.2, 0) is 4.79 Å². The van der Waals surface area contributed by atoms with E-state index in [1.165, 1.54) is 38.5 Å². The van der Waals surface area contributed by atoms with Crippen molar-refractivity contribution in [3.8, 4) is 0 Å². The van der Waals surface area contributed by atoms with Gasteiger partial charge in [0, 0.05) is 13.5 Å². The van der Waals surface area contributed by atoms with Gasteiger partial charge < -0.3 is 10.2 Å². The van der Waals surface area contributed by atoms with Gasteiger partial charge >= 0.3 is 0 Å². The second-order valence-corrected chi connectivity index (χ2v) is 4.03. The van der Waals surface area contributed by atoms with Crippen molar-refractivity contribution >= 4 is 5.97 Å². The lowest BCUT2D eigenvalue weighted by atomic mass is 10.1. The average Bonchev–Trinajstić information content (AvgIpc) is 2.26. The Morgan fingerprint density at radius 1 is 1.00 bits per heavy atom. The van der Waals surface area contributed by atoms with E-state index in [-0.39, 0.29) is 0 Å². The predicted octanol–water partition coefficient (Wildman–Crippen LogP) is 3.77. The van der Waals surface area contributed by atoms with Gasteiger partial charge in [0.1, 0.15) is 0 Å². The van der Waals surface area contributed by atoms with Crippen molar-refractivity contribution < 1.29 is 15.0 Å². The second-order valence-electron chi connectivity index (χ2n) is 4.03. The number of allylic oxidation sites excluding steroid dienone is 2. The highest BCUT2D eigenvalue weighted by Crippen LogP contribution is 2.07. The van der Waals surface area contributed by atoms with Gasteiger partial charge in [-0.2, -0.15) is 0 Å². The van der Waals surface area contributed by atoms with Gasteiger partial charge in [-0.05, 0) is 25.7 Å². The summed E-state index contributed by atoms with van der Waals surface area (Å²) >= 11 is 0. The number of unbranched alkanes of at least 4 members (excludes halogenated alkanes) is 6. The van der Waals surface area contributed by atoms with Gasteiger partial charge in [-0.25, -0.2) is 0 Å². The quantitative estimate of drug-likeness (QED) is 0.479. The van der Waals surface area contributed by atoms with Crippen molar-refractivity contribution in [2.75, 3.05) is 6.61 Å². The summed E-state index contributed by atoms with van der Waals surface area (Å²) in [6, 6.07) is 0. The van der Waals surface area contributed by atoms with Crippen LogP contribution in [0.25, 0.3) is 0 Å². The van der Waals surface area contributed by atoms with Gasteiger partial charge in [0.05, 0.1) is 0 Å². The SMILES string of the molecule is CC(=O)O.CC/C=C/CCCCCCCCO. The molecule has 0 fully saturated rings. The van der Waals surface area contributed by atoms with Crippen molar-refractivity contribution in [3.63, 3.8) is 0 Å². The summed E-state index contributed by atoms with van der Waals surface area (Å²) in [6.07, 6.45) is 14.4. The molecule has 0 atom stereocenters. The minimum Gasteiger partial charge on any atom is -0.481 e. The number of aliphatic hydroxyl groups excluding tert-OH is 1. The van der Waals surface area contributed by atoms with E-state index >= 15 is 0 Å². The van der Waals surface area contributed by atoms with E-state index in [2.05, 4.69) is 19.1 Å². The van der Waals surface area contributed by atoms with E-state index in [1.54, 1.807) is 0 Å². The fourth-order valence-corrected chi connectivity index (χ4v) is 1.37. The zero-order valence-electron chi connectivity index (χ0n) is 11.3. The molecule has 0 saturated carbocycles. The molecule has 17 heavy (non-hydrogen) atoms. The Labute approximate surface area is 106 Å². The minimum absolute atomic E-state index is 0.360. The molecule has 0 rings (SSSR count). The summed E-state index contributed by atoms with van der Waals surface area (Å²) in [5, 5.41) is 16.0. The Balaban J connectivity index is 0. The highest BCUT2D eigenvalue weighted by atomic mass is 16.4. The van der Waals surface area contributed by atoms with Crippen molar-refractivity contribution in [2.24, 2.45) is 0 Å². The molecule has 0 amide bonds. The lowest BCUT2D eigenvalue weighted by Gasteiger charge is -1.98. The summed E-state index contributed by atoms with van der Waals surface area (Å²) in [7, 11) is 0. The molecule has 0 aliphatic heterocycles. The van der Waals surface area contributed by atoms with Gasteiger partial charge in [-0.1, -0.05) is 44.8 Å². The van der Waals surface area contributed by atoms with Crippen LogP contribution >= 0.6 is 0 Å². The van der Waals surface area contributed by atoms with E-state index in [1.807, 2.05) is 0 Å². The van der Waals surface area contributed by atoms with Gasteiger partial charge in [0.25, 0.3) is 5.97 Å². The van der Waals surface area contributed by atoms with Crippen LogP contribution in [0.2, 0.25) is 0 Å². The Kier molecular flexibility index (Phi) is 19.1. The number of carbonyl (C=O) groups is 1. The van der Waals surface area contributed by atoms with Crippen molar-refractivity contribution in [3.05, 3.63) is 12.2 Å². The lowest BCUT2D eigenvalue weighted by molar-refractivity contribution is -0.134. The zero-order valence-corrected chi connectivity index (χ0v) is 11.3. The smallest absolute Gasteiger partial charge is 0.300 e. The number of rotatable bonds is 9. The van der Waals surface area contributed by atoms with Crippen LogP contribution in [0.4, 0.5) is 0 Å². The molecule has 3 nitrogen and oxygen atoms in total. The Bertz CT molecular complexity index is 172. The molecule has 102 valence electrons. The average molecular weight is 244 g/mol. The van der Waals surface area contributed by atoms with E-state index in [9.17, 15) is 0 Å². The van der Waals surface area contributed by atoms with Gasteiger partial charge in [-0.3, -0.25) is 4.79 Å². The molecule has 0 unspecified atom stereocenters. The van der Waals surface area contributed by atoms with Crippen LogP contribution < -0.4 is 0 Å². The van der Waals surface area contributed by atoms with Crippen LogP contribution in [0.5, 0.6) is 0 Å². The molecule has 3 heteroatoms. The molecule has 0 saturated heterocycles. The molecule has 0 spiro atoms. The van der Waals surface area contributed by atoms with Gasteiger partial charge in [-0.15, -0.1) is 0 Å². The monoisotopic (exact) mass is 244 g/mol. The van der Waals surface area contributed by atoms with E-state index in [0.29, 0.717) is 6.61 Å². The summed E-state index contributed by atoms with van der Waals surface area (Å²) in [5.41, 5.74) is 0. The van der Waals surface area contributed by atoms with Crippen LogP contribution in [0.3, 0.4) is 0 Å². The Hall–Kier alpha value is -0.830. The molecule has 0 radical (unpaired) electrons. The largest absolute Gasteiger partial charge is 0.481 e. The molecule has 0 heterocycles. The molecule has 0 aromatic heterocycles. The molecule has 2 N–H and O–H groups in total. The van der Waals surface area contributed by atoms with Gasteiger partial charge in [0.2, 0.25) is 0 Å². The molecular formula is C14H28O3. The number of carboxylic acid groups (broad SMARTS) is 1. The number of hydrogen-bond donors (Lipinski definition) is 2. The first-order valence-corrected chi connectivity index (χ1v) is 6.60. The number of hydrogen-bond acceptors (Lipinski definition) is 2. The Morgan fingerprint density at radius 3 is 1.94 bits per heavy atom. The lowest BCUT2D eigenvalue weighted by Crippen LogP contribution is -1.83. The van der Waals surface area contributed by atoms with E-state index in [4.69, 9.17) is 15.0 Å². The summed E-state index contributed by atoms with van der Waals surface area (Å²) in [6.45, 7) is 3.62. The first-order valence-electron chi connectivity index (χ1n) is 6.60. The molecular weight excluding hydrogens is 216 g/mol. The fourth-order valence-electron chi connectivity index (χ4n) is 1.37. The van der Waals surface area contributed by atoms with Crippen molar-refractivity contribution in [1.82, 2.24) is 0 Å². The third kappa shape index (κ3) is 31.3. The third-order valence-electron chi connectivity index (χ3n) is 2.18. The standard InChI is InChI=1S/C12H24O.C2H4O2/c1-2-3-4-5-6-7-8-9-10-11-12-13;1-2(3)4/h3-4,13H,2,5-12H2,1H3;1H3,(H,3,4)/b4-3+;. The number of aliphatic hydroxyl groups is 1. The van der Waals surface area contributed by atoms with Crippen molar-refractivity contribution in [1.29, 1.82) is 0 Å². The normalized spacial score (nSPS) is 10.1. The topological polar surface area (TPSA) is 57.5 Å². The van der Waals surface area contributed by atoms with Crippen LogP contribution in [0.1, 0.15) is 65.2 Å². The second kappa shape index (κ2) is 17.6. The van der Waals surface area contributed by atoms with E-state index in [0.717, 1.165) is 19.8 Å². The fraction of sp³-hybridized carbons (Fsp3) is 0.786. The highest BCUT2D eigenvalue weighted by Gasteiger charge is 1.89. The van der Waals surface area contributed by atoms with Gasteiger partial charge in [0.15, 0.2) is 0 Å². The third-order valence-corrected chi connectivity index (χ3v) is 2.18. The number of aliphatic carboxylic acids is 1. The number of carboxylic acids is 1. The molecule has 0 aromatic rings. The van der Waals surface area contributed by atoms with Crippen molar-refractivity contribution in [2.45, 2.75) is 65.2 Å². The van der Waals surface area contributed by atoms with Crippen LogP contribution in [0, 0.1) is 0 Å². The molecule has 0 aromatic carbocycles. The summed E-state index contributed by atoms with van der Waals surface area (Å²) < 4.78 is 0. The highest BCUT2D eigenvalue weighted by molar-refractivity contribution is 5.62. The Morgan fingerprint density at radius 2 is 1.47 bits per heavy atom. The molecule has 0 bridgehead atoms. The minimum atomic E-state index is -0.833. The van der Waals surface area contributed by atoms with Crippen LogP contribution in [-0.4, -0.2) is 22.8 Å². The van der Waals surface area contributed by atoms with Crippen LogP contribution in [0.15, 0.2) is 12.2 Å². The summed E-state index contributed by atoms with van der Waals surface area (Å²) in [5.74, 6) is -0.833. The maximum absolute atomic E-state index is 9.00. The first kappa shape index (κ1) is 18.5. The molecule has 0 aliphatic rings. The maximum atomic E-state index is 9.00. The zero-order chi connectivity index (χ0) is 13.4. The molecule has 0 aliphatic carbocycles. The first-order chi connectivity index (χ1) is 8.15. The van der Waals surface area contributed by atoms with E-state index < -0.39 is 5.97 Å².